The predicted molar refractivity (Wildman–Crippen MR) is 121 cm³/mol. The molecule has 2 aromatic rings. The first-order chi connectivity index (χ1) is 15.0. The number of para-hydroxylation sites is 1. The number of likely N-dealkylation sites (tertiary alicyclic amines) is 1. The molecule has 0 bridgehead atoms. The van der Waals surface area contributed by atoms with Crippen LogP contribution in [0.1, 0.15) is 30.9 Å². The number of hydrogen-bond donors (Lipinski definition) is 2. The SMILES string of the molecule is CCc1ccccc1NC(=O)CN1CCC2(CC1)N=C(c1ccc(OC)cc1)C(=O)N2. The Hall–Kier alpha value is -3.19. The molecular formula is C24H28N4O3. The number of anilines is 1. The molecule has 2 aliphatic rings. The molecule has 2 amide bonds. The monoisotopic (exact) mass is 420 g/mol. The molecule has 2 aliphatic heterocycles. The summed E-state index contributed by atoms with van der Waals surface area (Å²) in [5.41, 5.74) is 2.67. The first-order valence-corrected chi connectivity index (χ1v) is 10.7. The number of carbonyl (C=O) groups excluding carboxylic acids is 2. The number of aliphatic imine (C=N–C) groups is 1. The Labute approximate surface area is 182 Å². The maximum Gasteiger partial charge on any atom is 0.272 e. The first kappa shape index (κ1) is 21.1. The summed E-state index contributed by atoms with van der Waals surface area (Å²) >= 11 is 0. The summed E-state index contributed by atoms with van der Waals surface area (Å²) < 4.78 is 5.18. The second-order valence-corrected chi connectivity index (χ2v) is 8.01. The van der Waals surface area contributed by atoms with E-state index in [0.717, 1.165) is 29.0 Å². The van der Waals surface area contributed by atoms with Crippen molar-refractivity contribution in [2.75, 3.05) is 32.1 Å². The molecule has 0 unspecified atom stereocenters. The van der Waals surface area contributed by atoms with E-state index in [0.29, 0.717) is 38.2 Å². The van der Waals surface area contributed by atoms with Crippen molar-refractivity contribution in [3.8, 4) is 5.75 Å². The van der Waals surface area contributed by atoms with Crippen LogP contribution < -0.4 is 15.4 Å². The van der Waals surface area contributed by atoms with E-state index in [1.165, 1.54) is 0 Å². The van der Waals surface area contributed by atoms with E-state index in [2.05, 4.69) is 22.5 Å². The van der Waals surface area contributed by atoms with Crippen LogP contribution in [0, 0.1) is 0 Å². The Bertz CT molecular complexity index is 992. The van der Waals surface area contributed by atoms with Crippen LogP contribution in [0.4, 0.5) is 5.69 Å². The van der Waals surface area contributed by atoms with Crippen molar-refractivity contribution in [2.45, 2.75) is 31.8 Å². The average Bonchev–Trinajstić information content (AvgIpc) is 3.11. The van der Waals surface area contributed by atoms with Crippen molar-refractivity contribution < 1.29 is 14.3 Å². The van der Waals surface area contributed by atoms with Gasteiger partial charge in [-0.15, -0.1) is 0 Å². The Morgan fingerprint density at radius 1 is 1.16 bits per heavy atom. The minimum absolute atomic E-state index is 0.0188. The molecule has 162 valence electrons. The van der Waals surface area contributed by atoms with Gasteiger partial charge in [0, 0.05) is 37.2 Å². The highest BCUT2D eigenvalue weighted by Gasteiger charge is 2.42. The highest BCUT2D eigenvalue weighted by Crippen LogP contribution is 2.29. The number of methoxy groups -OCH3 is 1. The lowest BCUT2D eigenvalue weighted by Crippen LogP contribution is -2.52. The van der Waals surface area contributed by atoms with E-state index in [4.69, 9.17) is 9.73 Å². The Morgan fingerprint density at radius 2 is 1.87 bits per heavy atom. The van der Waals surface area contributed by atoms with E-state index < -0.39 is 5.66 Å². The number of rotatable bonds is 6. The zero-order valence-electron chi connectivity index (χ0n) is 18.0. The van der Waals surface area contributed by atoms with Gasteiger partial charge in [-0.05, 0) is 42.3 Å². The lowest BCUT2D eigenvalue weighted by atomic mass is 9.98. The molecule has 0 aliphatic carbocycles. The predicted octanol–water partition coefficient (Wildman–Crippen LogP) is 2.61. The van der Waals surface area contributed by atoms with Gasteiger partial charge in [0.1, 0.15) is 17.1 Å². The fraction of sp³-hybridized carbons (Fsp3) is 0.375. The summed E-state index contributed by atoms with van der Waals surface area (Å²) in [5, 5.41) is 6.10. The van der Waals surface area contributed by atoms with Crippen LogP contribution >= 0.6 is 0 Å². The van der Waals surface area contributed by atoms with Gasteiger partial charge in [-0.3, -0.25) is 19.5 Å². The smallest absolute Gasteiger partial charge is 0.272 e. The zero-order valence-corrected chi connectivity index (χ0v) is 18.0. The standard InChI is InChI=1S/C24H28N4O3/c1-3-17-6-4-5-7-20(17)25-21(29)16-28-14-12-24(13-15-28)26-22(23(30)27-24)18-8-10-19(31-2)11-9-18/h4-11H,3,12-16H2,1-2H3,(H,25,29)(H,27,30). The molecule has 2 aromatic carbocycles. The lowest BCUT2D eigenvalue weighted by molar-refractivity contribution is -0.119. The molecule has 2 N–H and O–H groups in total. The molecule has 0 atom stereocenters. The highest BCUT2D eigenvalue weighted by atomic mass is 16.5. The van der Waals surface area contributed by atoms with Crippen LogP contribution in [0.2, 0.25) is 0 Å². The van der Waals surface area contributed by atoms with Crippen LogP contribution in [-0.4, -0.2) is 54.8 Å². The Kier molecular flexibility index (Phi) is 6.04. The van der Waals surface area contributed by atoms with Gasteiger partial charge in [0.2, 0.25) is 5.91 Å². The van der Waals surface area contributed by atoms with Gasteiger partial charge in [0.25, 0.3) is 5.91 Å². The molecule has 1 saturated heterocycles. The number of nitrogens with one attached hydrogen (secondary N) is 2. The Morgan fingerprint density at radius 3 is 2.55 bits per heavy atom. The molecule has 31 heavy (non-hydrogen) atoms. The molecule has 4 rings (SSSR count). The molecular weight excluding hydrogens is 392 g/mol. The second kappa shape index (κ2) is 8.89. The van der Waals surface area contributed by atoms with E-state index >= 15 is 0 Å². The maximum atomic E-state index is 12.6. The van der Waals surface area contributed by atoms with Gasteiger partial charge >= 0.3 is 0 Å². The van der Waals surface area contributed by atoms with Crippen LogP contribution in [-0.2, 0) is 16.0 Å². The molecule has 1 fully saturated rings. The van der Waals surface area contributed by atoms with Crippen LogP contribution in [0.5, 0.6) is 5.75 Å². The van der Waals surface area contributed by atoms with Crippen molar-refractivity contribution in [1.29, 1.82) is 0 Å². The van der Waals surface area contributed by atoms with E-state index in [1.807, 2.05) is 48.5 Å². The fourth-order valence-electron chi connectivity index (χ4n) is 4.17. The van der Waals surface area contributed by atoms with Crippen LogP contribution in [0.15, 0.2) is 53.5 Å². The highest BCUT2D eigenvalue weighted by molar-refractivity contribution is 6.46. The molecule has 0 aromatic heterocycles. The van der Waals surface area contributed by atoms with Gasteiger partial charge in [0.15, 0.2) is 0 Å². The number of amides is 2. The van der Waals surface area contributed by atoms with Crippen molar-refractivity contribution >= 4 is 23.2 Å². The topological polar surface area (TPSA) is 83.0 Å². The van der Waals surface area contributed by atoms with Crippen molar-refractivity contribution in [1.82, 2.24) is 10.2 Å². The minimum Gasteiger partial charge on any atom is -0.497 e. The van der Waals surface area contributed by atoms with Crippen molar-refractivity contribution in [2.24, 2.45) is 4.99 Å². The second-order valence-electron chi connectivity index (χ2n) is 8.01. The molecule has 7 heteroatoms. The van der Waals surface area contributed by atoms with Gasteiger partial charge in [-0.1, -0.05) is 25.1 Å². The van der Waals surface area contributed by atoms with E-state index in [1.54, 1.807) is 7.11 Å². The summed E-state index contributed by atoms with van der Waals surface area (Å²) in [6.45, 7) is 3.80. The minimum atomic E-state index is -0.575. The summed E-state index contributed by atoms with van der Waals surface area (Å²) in [4.78, 5) is 32.0. The molecule has 7 nitrogen and oxygen atoms in total. The third-order valence-electron chi connectivity index (χ3n) is 5.97. The van der Waals surface area contributed by atoms with Crippen LogP contribution in [0.25, 0.3) is 0 Å². The number of hydrogen-bond acceptors (Lipinski definition) is 5. The Balaban J connectivity index is 1.36. The van der Waals surface area contributed by atoms with Gasteiger partial charge in [0.05, 0.1) is 13.7 Å². The molecule has 2 heterocycles. The summed E-state index contributed by atoms with van der Waals surface area (Å²) in [6, 6.07) is 15.2. The normalized spacial score (nSPS) is 17.9. The third-order valence-corrected chi connectivity index (χ3v) is 5.97. The summed E-state index contributed by atoms with van der Waals surface area (Å²) in [6.07, 6.45) is 2.23. The van der Waals surface area contributed by atoms with Crippen molar-refractivity contribution in [3.63, 3.8) is 0 Å². The lowest BCUT2D eigenvalue weighted by Gasteiger charge is -2.36. The van der Waals surface area contributed by atoms with Gasteiger partial charge in [-0.25, -0.2) is 0 Å². The molecule has 0 saturated carbocycles. The van der Waals surface area contributed by atoms with Crippen LogP contribution in [0.3, 0.4) is 0 Å². The number of benzene rings is 2. The molecule has 0 radical (unpaired) electrons. The van der Waals surface area contributed by atoms with Crippen molar-refractivity contribution in [3.05, 3.63) is 59.7 Å². The van der Waals surface area contributed by atoms with E-state index in [9.17, 15) is 9.59 Å². The number of piperidine rings is 1. The van der Waals surface area contributed by atoms with E-state index in [-0.39, 0.29) is 11.8 Å². The van der Waals surface area contributed by atoms with Gasteiger partial charge < -0.3 is 15.4 Å². The number of aryl methyl sites for hydroxylation is 1. The number of nitrogens with zero attached hydrogens (tertiary/aromatic N) is 2. The largest absolute Gasteiger partial charge is 0.497 e. The zero-order chi connectivity index (χ0) is 21.8. The maximum absolute atomic E-state index is 12.6. The number of carbonyl (C=O) groups is 2. The summed E-state index contributed by atoms with van der Waals surface area (Å²) in [5.74, 6) is 0.577. The first-order valence-electron chi connectivity index (χ1n) is 10.7. The van der Waals surface area contributed by atoms with Gasteiger partial charge in [-0.2, -0.15) is 0 Å². The number of ether oxygens (including phenoxy) is 1. The quantitative estimate of drug-likeness (QED) is 0.753. The average molecular weight is 421 g/mol. The third kappa shape index (κ3) is 4.61. The molecule has 1 spiro atoms. The summed E-state index contributed by atoms with van der Waals surface area (Å²) in [7, 11) is 1.61. The fourth-order valence-corrected chi connectivity index (χ4v) is 4.17.